The van der Waals surface area contributed by atoms with Gasteiger partial charge in [0.05, 0.1) is 13.2 Å². The Labute approximate surface area is 189 Å². The summed E-state index contributed by atoms with van der Waals surface area (Å²) in [7, 11) is 0. The van der Waals surface area contributed by atoms with Crippen molar-refractivity contribution < 1.29 is 14.3 Å². The zero-order chi connectivity index (χ0) is 22.7. The molecule has 0 aromatic rings. The minimum atomic E-state index is -0.487. The van der Waals surface area contributed by atoms with Crippen molar-refractivity contribution in [1.82, 2.24) is 0 Å². The summed E-state index contributed by atoms with van der Waals surface area (Å²) in [6, 6.07) is 0. The summed E-state index contributed by atoms with van der Waals surface area (Å²) in [5.41, 5.74) is 0.940. The monoisotopic (exact) mass is 426 g/mol. The van der Waals surface area contributed by atoms with Gasteiger partial charge in [0.15, 0.2) is 0 Å². The topological polar surface area (TPSA) is 35.5 Å². The predicted molar refractivity (Wildman–Crippen MR) is 130 cm³/mol. The molecule has 0 N–H and O–H groups in total. The number of rotatable bonds is 18. The molecule has 0 fully saturated rings. The molecule has 0 aromatic heterocycles. The van der Waals surface area contributed by atoms with Crippen molar-refractivity contribution in [2.24, 2.45) is 10.8 Å². The van der Waals surface area contributed by atoms with Crippen LogP contribution in [0.1, 0.15) is 144 Å². The molecule has 0 aromatic carbocycles. The Bertz CT molecular complexity index is 354. The van der Waals surface area contributed by atoms with Crippen LogP contribution in [-0.2, 0) is 9.47 Å². The van der Waals surface area contributed by atoms with Crippen LogP contribution in [0.3, 0.4) is 0 Å². The fraction of sp³-hybridized carbons (Fsp3) is 0.963. The third-order valence-corrected chi connectivity index (χ3v) is 5.58. The smallest absolute Gasteiger partial charge is 0.434 e. The summed E-state index contributed by atoms with van der Waals surface area (Å²) in [4.78, 5) is 11.6. The molecule has 0 rings (SSSR count). The standard InChI is InChI=1S/C27H54O3/c1-26(2,3)21-17-13-9-7-11-15-19-23-29-25(28)30-24-20-16-12-8-10-14-18-22-27(4,5)6/h7-24H2,1-6H3. The van der Waals surface area contributed by atoms with Gasteiger partial charge in [-0.25, -0.2) is 4.79 Å². The van der Waals surface area contributed by atoms with E-state index in [0.717, 1.165) is 25.7 Å². The molecular weight excluding hydrogens is 372 g/mol. The SMILES string of the molecule is CC(C)(C)CCCCCCCCCOC(=O)OCCCCCCCCCC(C)(C)C. The van der Waals surface area contributed by atoms with Crippen LogP contribution < -0.4 is 0 Å². The first-order valence-corrected chi connectivity index (χ1v) is 12.9. The number of unbranched alkanes of at least 4 members (excludes halogenated alkanes) is 12. The van der Waals surface area contributed by atoms with E-state index in [4.69, 9.17) is 9.47 Å². The van der Waals surface area contributed by atoms with Crippen LogP contribution in [0.5, 0.6) is 0 Å². The van der Waals surface area contributed by atoms with Crippen molar-refractivity contribution in [1.29, 1.82) is 0 Å². The summed E-state index contributed by atoms with van der Waals surface area (Å²) in [6.07, 6.45) is 19.4. The highest BCUT2D eigenvalue weighted by molar-refractivity contribution is 5.59. The second-order valence-electron chi connectivity index (χ2n) is 11.5. The van der Waals surface area contributed by atoms with Crippen LogP contribution in [0, 0.1) is 10.8 Å². The van der Waals surface area contributed by atoms with Gasteiger partial charge in [-0.2, -0.15) is 0 Å². The Morgan fingerprint density at radius 2 is 0.733 bits per heavy atom. The van der Waals surface area contributed by atoms with E-state index in [0.29, 0.717) is 24.0 Å². The molecule has 0 radical (unpaired) electrons. The molecule has 0 saturated heterocycles. The van der Waals surface area contributed by atoms with Crippen molar-refractivity contribution >= 4 is 6.16 Å². The fourth-order valence-electron chi connectivity index (χ4n) is 3.64. The summed E-state index contributed by atoms with van der Waals surface area (Å²) >= 11 is 0. The van der Waals surface area contributed by atoms with Gasteiger partial charge in [-0.1, -0.05) is 119 Å². The summed E-state index contributed by atoms with van der Waals surface area (Å²) in [5, 5.41) is 0. The Hall–Kier alpha value is -0.730. The van der Waals surface area contributed by atoms with Gasteiger partial charge in [0.1, 0.15) is 0 Å². The average Bonchev–Trinajstić information content (AvgIpc) is 2.63. The lowest BCUT2D eigenvalue weighted by Gasteiger charge is -2.17. The highest BCUT2D eigenvalue weighted by atomic mass is 16.7. The quantitative estimate of drug-likeness (QED) is 0.162. The van der Waals surface area contributed by atoms with Gasteiger partial charge >= 0.3 is 6.16 Å². The first kappa shape index (κ1) is 29.3. The zero-order valence-corrected chi connectivity index (χ0v) is 21.5. The molecule has 180 valence electrons. The van der Waals surface area contributed by atoms with Crippen LogP contribution in [0.25, 0.3) is 0 Å². The Kier molecular flexibility index (Phi) is 17.5. The van der Waals surface area contributed by atoms with Crippen LogP contribution in [-0.4, -0.2) is 19.4 Å². The van der Waals surface area contributed by atoms with Gasteiger partial charge in [-0.15, -0.1) is 0 Å². The summed E-state index contributed by atoms with van der Waals surface area (Å²) in [6.45, 7) is 14.9. The van der Waals surface area contributed by atoms with Crippen molar-refractivity contribution in [3.63, 3.8) is 0 Å². The van der Waals surface area contributed by atoms with E-state index in [9.17, 15) is 4.79 Å². The highest BCUT2D eigenvalue weighted by Crippen LogP contribution is 2.23. The first-order chi connectivity index (χ1) is 14.1. The fourth-order valence-corrected chi connectivity index (χ4v) is 3.64. The third-order valence-electron chi connectivity index (χ3n) is 5.58. The molecule has 0 spiro atoms. The van der Waals surface area contributed by atoms with Gasteiger partial charge in [-0.05, 0) is 36.5 Å². The van der Waals surface area contributed by atoms with Crippen molar-refractivity contribution in [2.75, 3.05) is 13.2 Å². The van der Waals surface area contributed by atoms with Gasteiger partial charge in [0.25, 0.3) is 0 Å². The second-order valence-corrected chi connectivity index (χ2v) is 11.5. The van der Waals surface area contributed by atoms with Crippen LogP contribution >= 0.6 is 0 Å². The lowest BCUT2D eigenvalue weighted by atomic mass is 9.89. The molecule has 0 bridgehead atoms. The van der Waals surface area contributed by atoms with Gasteiger partial charge < -0.3 is 9.47 Å². The molecule has 3 nitrogen and oxygen atoms in total. The summed E-state index contributed by atoms with van der Waals surface area (Å²) in [5.74, 6) is 0. The largest absolute Gasteiger partial charge is 0.508 e. The maximum atomic E-state index is 11.6. The highest BCUT2D eigenvalue weighted by Gasteiger charge is 2.09. The number of ether oxygens (including phenoxy) is 2. The maximum absolute atomic E-state index is 11.6. The van der Waals surface area contributed by atoms with E-state index in [1.54, 1.807) is 0 Å². The molecule has 3 heteroatoms. The van der Waals surface area contributed by atoms with E-state index in [2.05, 4.69) is 41.5 Å². The van der Waals surface area contributed by atoms with E-state index in [1.807, 2.05) is 0 Å². The zero-order valence-electron chi connectivity index (χ0n) is 21.5. The predicted octanol–water partition coefficient (Wildman–Crippen LogP) is 9.47. The molecule has 0 aliphatic rings. The molecule has 30 heavy (non-hydrogen) atoms. The van der Waals surface area contributed by atoms with Crippen molar-refractivity contribution in [3.8, 4) is 0 Å². The third kappa shape index (κ3) is 25.3. The normalized spacial score (nSPS) is 12.2. The maximum Gasteiger partial charge on any atom is 0.508 e. The van der Waals surface area contributed by atoms with Crippen molar-refractivity contribution in [3.05, 3.63) is 0 Å². The number of carbonyl (C=O) groups excluding carboxylic acids is 1. The first-order valence-electron chi connectivity index (χ1n) is 12.9. The molecule has 0 atom stereocenters. The van der Waals surface area contributed by atoms with E-state index < -0.39 is 6.16 Å². The van der Waals surface area contributed by atoms with Crippen LogP contribution in [0.15, 0.2) is 0 Å². The number of hydrogen-bond donors (Lipinski definition) is 0. The van der Waals surface area contributed by atoms with E-state index >= 15 is 0 Å². The molecule has 0 aliphatic carbocycles. The van der Waals surface area contributed by atoms with E-state index in [1.165, 1.54) is 77.0 Å². The van der Waals surface area contributed by atoms with Crippen LogP contribution in [0.4, 0.5) is 4.79 Å². The Balaban J connectivity index is 3.24. The van der Waals surface area contributed by atoms with Gasteiger partial charge in [-0.3, -0.25) is 0 Å². The van der Waals surface area contributed by atoms with Gasteiger partial charge in [0.2, 0.25) is 0 Å². The Morgan fingerprint density at radius 3 is 1.03 bits per heavy atom. The van der Waals surface area contributed by atoms with Crippen molar-refractivity contribution in [2.45, 2.75) is 144 Å². The Morgan fingerprint density at radius 1 is 0.467 bits per heavy atom. The molecule has 0 heterocycles. The number of hydrogen-bond acceptors (Lipinski definition) is 3. The molecule has 0 unspecified atom stereocenters. The molecule has 0 amide bonds. The average molecular weight is 427 g/mol. The lowest BCUT2D eigenvalue weighted by Crippen LogP contribution is -2.09. The molecule has 0 saturated carbocycles. The summed E-state index contributed by atoms with van der Waals surface area (Å²) < 4.78 is 10.3. The second kappa shape index (κ2) is 17.9. The van der Waals surface area contributed by atoms with E-state index in [-0.39, 0.29) is 0 Å². The minimum absolute atomic E-state index is 0.470. The number of carbonyl (C=O) groups is 1. The van der Waals surface area contributed by atoms with Crippen LogP contribution in [0.2, 0.25) is 0 Å². The molecule has 0 aliphatic heterocycles. The molecular formula is C27H54O3. The minimum Gasteiger partial charge on any atom is -0.434 e. The van der Waals surface area contributed by atoms with Gasteiger partial charge in [0, 0.05) is 0 Å². The lowest BCUT2D eigenvalue weighted by molar-refractivity contribution is 0.0529.